The Hall–Kier alpha value is -1.88. The van der Waals surface area contributed by atoms with E-state index in [1.807, 2.05) is 24.3 Å². The molecule has 1 heterocycles. The molecule has 2 atom stereocenters. The highest BCUT2D eigenvalue weighted by Crippen LogP contribution is 2.28. The van der Waals surface area contributed by atoms with Crippen molar-refractivity contribution in [3.05, 3.63) is 35.4 Å². The standard InChI is InChI=1S/C22H30N2O4S/c1-4-29(27,28)23-19-12-13-24(21(25)22(2,3)26)20(19)15-18-7-5-6-17(14-18)11-10-16-8-9-16/h5-7,14,16,19-20,23,26H,4,8-9,12-13,15H2,1-3H3. The van der Waals surface area contributed by atoms with Crippen LogP contribution in [-0.2, 0) is 21.2 Å². The first kappa shape index (κ1) is 21.8. The average Bonchev–Trinajstić information content (AvgIpc) is 3.42. The van der Waals surface area contributed by atoms with Crippen molar-refractivity contribution in [1.82, 2.24) is 9.62 Å². The molecular weight excluding hydrogens is 388 g/mol. The highest BCUT2D eigenvalue weighted by Gasteiger charge is 2.42. The largest absolute Gasteiger partial charge is 0.381 e. The van der Waals surface area contributed by atoms with E-state index in [1.54, 1.807) is 11.8 Å². The molecule has 158 valence electrons. The summed E-state index contributed by atoms with van der Waals surface area (Å²) in [4.78, 5) is 14.4. The topological polar surface area (TPSA) is 86.7 Å². The summed E-state index contributed by atoms with van der Waals surface area (Å²) in [5.41, 5.74) is 0.418. The third kappa shape index (κ3) is 5.81. The van der Waals surface area contributed by atoms with Gasteiger partial charge in [-0.25, -0.2) is 13.1 Å². The van der Waals surface area contributed by atoms with Gasteiger partial charge in [0, 0.05) is 24.1 Å². The summed E-state index contributed by atoms with van der Waals surface area (Å²) in [6.45, 7) is 4.92. The van der Waals surface area contributed by atoms with E-state index in [4.69, 9.17) is 0 Å². The summed E-state index contributed by atoms with van der Waals surface area (Å²) in [6, 6.07) is 7.14. The van der Waals surface area contributed by atoms with Crippen LogP contribution in [0.2, 0.25) is 0 Å². The van der Waals surface area contributed by atoms with E-state index < -0.39 is 15.6 Å². The Morgan fingerprint density at radius 3 is 2.66 bits per heavy atom. The van der Waals surface area contributed by atoms with E-state index in [9.17, 15) is 18.3 Å². The smallest absolute Gasteiger partial charge is 0.254 e. The van der Waals surface area contributed by atoms with Gasteiger partial charge in [-0.2, -0.15) is 0 Å². The van der Waals surface area contributed by atoms with E-state index >= 15 is 0 Å². The summed E-state index contributed by atoms with van der Waals surface area (Å²) in [5, 5.41) is 10.2. The molecule has 0 radical (unpaired) electrons. The number of rotatable bonds is 6. The fraction of sp³-hybridized carbons (Fsp3) is 0.591. The number of hydrogen-bond acceptors (Lipinski definition) is 4. The first-order chi connectivity index (χ1) is 13.6. The summed E-state index contributed by atoms with van der Waals surface area (Å²) in [5.74, 6) is 6.57. The molecule has 3 rings (SSSR count). The minimum absolute atomic E-state index is 0.0120. The molecule has 0 aromatic heterocycles. The second-order valence-electron chi connectivity index (χ2n) is 8.49. The predicted octanol–water partition coefficient (Wildman–Crippen LogP) is 1.67. The molecule has 2 unspecified atom stereocenters. The van der Waals surface area contributed by atoms with Crippen LogP contribution in [0, 0.1) is 17.8 Å². The van der Waals surface area contributed by atoms with Gasteiger partial charge in [0.05, 0.1) is 11.8 Å². The zero-order valence-corrected chi connectivity index (χ0v) is 18.1. The van der Waals surface area contributed by atoms with Crippen LogP contribution >= 0.6 is 0 Å². The third-order valence-electron chi connectivity index (χ3n) is 5.41. The zero-order valence-electron chi connectivity index (χ0n) is 17.3. The maximum atomic E-state index is 12.8. The normalized spacial score (nSPS) is 22.3. The minimum Gasteiger partial charge on any atom is -0.381 e. The number of benzene rings is 1. The van der Waals surface area contributed by atoms with Crippen molar-refractivity contribution in [3.63, 3.8) is 0 Å². The van der Waals surface area contributed by atoms with E-state index in [-0.39, 0.29) is 23.7 Å². The van der Waals surface area contributed by atoms with Gasteiger partial charge in [0.1, 0.15) is 5.60 Å². The van der Waals surface area contributed by atoms with E-state index in [2.05, 4.69) is 16.6 Å². The van der Waals surface area contributed by atoms with Gasteiger partial charge >= 0.3 is 0 Å². The molecule has 1 aromatic carbocycles. The lowest BCUT2D eigenvalue weighted by Gasteiger charge is -2.32. The number of hydrogen-bond donors (Lipinski definition) is 2. The van der Waals surface area contributed by atoms with Crippen LogP contribution < -0.4 is 4.72 Å². The summed E-state index contributed by atoms with van der Waals surface area (Å²) in [6.07, 6.45) is 3.36. The fourth-order valence-corrected chi connectivity index (χ4v) is 4.49. The van der Waals surface area contributed by atoms with Crippen LogP contribution in [0.25, 0.3) is 0 Å². The monoisotopic (exact) mass is 418 g/mol. The van der Waals surface area contributed by atoms with Gasteiger partial charge in [0.15, 0.2) is 0 Å². The summed E-state index contributed by atoms with van der Waals surface area (Å²) >= 11 is 0. The number of sulfonamides is 1. The number of nitrogens with one attached hydrogen (secondary N) is 1. The van der Waals surface area contributed by atoms with Crippen LogP contribution in [-0.4, -0.2) is 54.3 Å². The van der Waals surface area contributed by atoms with Crippen LogP contribution in [0.15, 0.2) is 24.3 Å². The first-order valence-corrected chi connectivity index (χ1v) is 11.9. The van der Waals surface area contributed by atoms with Gasteiger partial charge < -0.3 is 10.0 Å². The molecule has 1 saturated heterocycles. The second kappa shape index (κ2) is 8.47. The number of aliphatic hydroxyl groups is 1. The first-order valence-electron chi connectivity index (χ1n) is 10.2. The van der Waals surface area contributed by atoms with Crippen LogP contribution in [0.1, 0.15) is 51.2 Å². The SMILES string of the molecule is CCS(=O)(=O)NC1CCN(C(=O)C(C)(C)O)C1Cc1cccc(C#CC2CC2)c1. The molecule has 2 N–H and O–H groups in total. The molecule has 1 saturated carbocycles. The van der Waals surface area contributed by atoms with Crippen LogP contribution in [0.3, 0.4) is 0 Å². The lowest BCUT2D eigenvalue weighted by molar-refractivity contribution is -0.148. The molecule has 1 aliphatic heterocycles. The van der Waals surface area contributed by atoms with E-state index in [0.29, 0.717) is 25.3 Å². The van der Waals surface area contributed by atoms with Gasteiger partial charge in [0.2, 0.25) is 10.0 Å². The highest BCUT2D eigenvalue weighted by atomic mass is 32.2. The van der Waals surface area contributed by atoms with Gasteiger partial charge in [-0.05, 0) is 64.2 Å². The molecule has 29 heavy (non-hydrogen) atoms. The quantitative estimate of drug-likeness (QED) is 0.688. The Bertz CT molecular complexity index is 920. The van der Waals surface area contributed by atoms with Gasteiger partial charge in [-0.3, -0.25) is 4.79 Å². The molecule has 2 fully saturated rings. The zero-order chi connectivity index (χ0) is 21.2. The molecule has 1 amide bonds. The number of likely N-dealkylation sites (tertiary alicyclic amines) is 1. The summed E-state index contributed by atoms with van der Waals surface area (Å²) < 4.78 is 27.1. The molecule has 0 bridgehead atoms. The Labute approximate surface area is 173 Å². The second-order valence-corrected chi connectivity index (χ2v) is 10.5. The molecule has 7 heteroatoms. The molecule has 0 spiro atoms. The van der Waals surface area contributed by atoms with Crippen molar-refractivity contribution >= 4 is 15.9 Å². The van der Waals surface area contributed by atoms with Crippen molar-refractivity contribution in [1.29, 1.82) is 0 Å². The molecular formula is C22H30N2O4S. The van der Waals surface area contributed by atoms with Crippen LogP contribution in [0.4, 0.5) is 0 Å². The number of carbonyl (C=O) groups excluding carboxylic acids is 1. The number of amides is 1. The maximum absolute atomic E-state index is 12.8. The number of nitrogens with zero attached hydrogens (tertiary/aromatic N) is 1. The Morgan fingerprint density at radius 1 is 1.31 bits per heavy atom. The van der Waals surface area contributed by atoms with Gasteiger partial charge in [-0.1, -0.05) is 24.0 Å². The molecule has 2 aliphatic rings. The molecule has 1 aliphatic carbocycles. The van der Waals surface area contributed by atoms with E-state index in [0.717, 1.165) is 11.1 Å². The molecule has 1 aromatic rings. The lowest BCUT2D eigenvalue weighted by atomic mass is 9.98. The Morgan fingerprint density at radius 2 is 2.03 bits per heavy atom. The van der Waals surface area contributed by atoms with Crippen molar-refractivity contribution < 1.29 is 18.3 Å². The van der Waals surface area contributed by atoms with Gasteiger partial charge in [0.25, 0.3) is 5.91 Å². The minimum atomic E-state index is -3.40. The van der Waals surface area contributed by atoms with Crippen molar-refractivity contribution in [2.75, 3.05) is 12.3 Å². The summed E-state index contributed by atoms with van der Waals surface area (Å²) in [7, 11) is -3.40. The Balaban J connectivity index is 1.84. The third-order valence-corrected chi connectivity index (χ3v) is 6.83. The van der Waals surface area contributed by atoms with Crippen molar-refractivity contribution in [3.8, 4) is 11.8 Å². The van der Waals surface area contributed by atoms with Crippen molar-refractivity contribution in [2.24, 2.45) is 5.92 Å². The maximum Gasteiger partial charge on any atom is 0.254 e. The van der Waals surface area contributed by atoms with E-state index in [1.165, 1.54) is 26.7 Å². The average molecular weight is 419 g/mol. The fourth-order valence-electron chi connectivity index (χ4n) is 3.59. The lowest BCUT2D eigenvalue weighted by Crippen LogP contribution is -2.52. The highest BCUT2D eigenvalue weighted by molar-refractivity contribution is 7.89. The van der Waals surface area contributed by atoms with Gasteiger partial charge in [-0.15, -0.1) is 0 Å². The molecule has 6 nitrogen and oxygen atoms in total. The van der Waals surface area contributed by atoms with Crippen LogP contribution in [0.5, 0.6) is 0 Å². The number of carbonyl (C=O) groups is 1. The van der Waals surface area contributed by atoms with Crippen molar-refractivity contribution in [2.45, 2.75) is 64.1 Å². The predicted molar refractivity (Wildman–Crippen MR) is 113 cm³/mol. The Kier molecular flexibility index (Phi) is 6.37.